The van der Waals surface area contributed by atoms with Crippen LogP contribution in [0.15, 0.2) is 42.5 Å². The Morgan fingerprint density at radius 3 is 2.58 bits per heavy atom. The molecule has 2 heterocycles. The number of rotatable bonds is 5. The van der Waals surface area contributed by atoms with Gasteiger partial charge in [-0.1, -0.05) is 18.2 Å². The Morgan fingerprint density at radius 1 is 1.10 bits per heavy atom. The second-order valence-corrected chi connectivity index (χ2v) is 8.01. The summed E-state index contributed by atoms with van der Waals surface area (Å²) in [6, 6.07) is 13.1. The van der Waals surface area contributed by atoms with Crippen LogP contribution in [0, 0.1) is 6.92 Å². The molecule has 0 atom stereocenters. The van der Waals surface area contributed by atoms with Crippen LogP contribution in [-0.4, -0.2) is 66.9 Å². The van der Waals surface area contributed by atoms with Crippen molar-refractivity contribution in [1.82, 2.24) is 14.8 Å². The number of likely N-dealkylation sites (N-methyl/N-ethyl adjacent to an activating group) is 1. The zero-order valence-electron chi connectivity index (χ0n) is 18.2. The average Bonchev–Trinajstić information content (AvgIpc) is 3.08. The van der Waals surface area contributed by atoms with E-state index in [4.69, 9.17) is 4.74 Å². The summed E-state index contributed by atoms with van der Waals surface area (Å²) < 4.78 is 5.42. The first-order valence-corrected chi connectivity index (χ1v) is 10.5. The molecule has 162 valence electrons. The van der Waals surface area contributed by atoms with E-state index in [9.17, 15) is 9.59 Å². The number of aromatic amines is 1. The minimum atomic E-state index is -0.157. The van der Waals surface area contributed by atoms with Crippen LogP contribution in [0.5, 0.6) is 5.75 Å². The maximum Gasteiger partial charge on any atom is 0.254 e. The molecule has 1 aliphatic rings. The molecule has 0 bridgehead atoms. The lowest BCUT2D eigenvalue weighted by Gasteiger charge is -2.32. The maximum atomic E-state index is 12.9. The van der Waals surface area contributed by atoms with Gasteiger partial charge >= 0.3 is 0 Å². The first kappa shape index (κ1) is 20.9. The number of ether oxygens (including phenoxy) is 1. The quantitative estimate of drug-likeness (QED) is 0.665. The van der Waals surface area contributed by atoms with Gasteiger partial charge in [-0.25, -0.2) is 0 Å². The highest BCUT2D eigenvalue weighted by molar-refractivity contribution is 6.00. The van der Waals surface area contributed by atoms with Crippen LogP contribution >= 0.6 is 0 Å². The molecule has 2 amide bonds. The van der Waals surface area contributed by atoms with Gasteiger partial charge in [0.2, 0.25) is 5.91 Å². The molecule has 7 nitrogen and oxygen atoms in total. The Morgan fingerprint density at radius 2 is 1.84 bits per heavy atom. The van der Waals surface area contributed by atoms with E-state index in [2.05, 4.69) is 22.2 Å². The van der Waals surface area contributed by atoms with Crippen LogP contribution in [0.1, 0.15) is 21.6 Å². The molecule has 0 saturated carbocycles. The van der Waals surface area contributed by atoms with Gasteiger partial charge in [0.05, 0.1) is 19.2 Å². The SMILES string of the molecule is COc1ccc(C(=O)N2CCN(C)CC2)cc1NC(=O)Cc1c(C)[nH]c2ccccc12. The molecule has 7 heteroatoms. The molecule has 1 fully saturated rings. The van der Waals surface area contributed by atoms with Crippen molar-refractivity contribution in [3.63, 3.8) is 0 Å². The summed E-state index contributed by atoms with van der Waals surface area (Å²) in [7, 11) is 3.61. The number of H-pyrrole nitrogens is 1. The van der Waals surface area contributed by atoms with Crippen LogP contribution in [0.4, 0.5) is 5.69 Å². The average molecular weight is 421 g/mol. The van der Waals surface area contributed by atoms with E-state index < -0.39 is 0 Å². The van der Waals surface area contributed by atoms with Crippen LogP contribution in [0.2, 0.25) is 0 Å². The number of anilines is 1. The second kappa shape index (κ2) is 8.81. The number of methoxy groups -OCH3 is 1. The van der Waals surface area contributed by atoms with Gasteiger partial charge in [0.1, 0.15) is 5.75 Å². The molecule has 1 aromatic heterocycles. The first-order chi connectivity index (χ1) is 15.0. The zero-order chi connectivity index (χ0) is 22.0. The van der Waals surface area contributed by atoms with Gasteiger partial charge in [-0.2, -0.15) is 0 Å². The summed E-state index contributed by atoms with van der Waals surface area (Å²) >= 11 is 0. The van der Waals surface area contributed by atoms with Crippen LogP contribution in [0.25, 0.3) is 10.9 Å². The van der Waals surface area contributed by atoms with Crippen molar-refractivity contribution >= 4 is 28.4 Å². The molecule has 31 heavy (non-hydrogen) atoms. The van der Waals surface area contributed by atoms with Crippen molar-refractivity contribution in [3.8, 4) is 5.75 Å². The molecular weight excluding hydrogens is 392 g/mol. The number of nitrogens with zero attached hydrogens (tertiary/aromatic N) is 2. The van der Waals surface area contributed by atoms with Gasteiger partial charge < -0.3 is 24.8 Å². The fourth-order valence-corrected chi connectivity index (χ4v) is 4.05. The van der Waals surface area contributed by atoms with Crippen LogP contribution < -0.4 is 10.1 Å². The highest BCUT2D eigenvalue weighted by atomic mass is 16.5. The lowest BCUT2D eigenvalue weighted by Crippen LogP contribution is -2.47. The van der Waals surface area contributed by atoms with E-state index in [-0.39, 0.29) is 18.2 Å². The highest BCUT2D eigenvalue weighted by Gasteiger charge is 2.22. The summed E-state index contributed by atoms with van der Waals surface area (Å²) in [6.45, 7) is 5.08. The number of hydrogen-bond donors (Lipinski definition) is 2. The van der Waals surface area contributed by atoms with E-state index in [1.807, 2.05) is 36.1 Å². The normalized spacial score (nSPS) is 14.6. The minimum absolute atomic E-state index is 0.0290. The van der Waals surface area contributed by atoms with Crippen molar-refractivity contribution in [2.75, 3.05) is 45.7 Å². The third-order valence-corrected chi connectivity index (χ3v) is 5.88. The molecule has 3 aromatic rings. The fourth-order valence-electron chi connectivity index (χ4n) is 4.05. The molecule has 0 unspecified atom stereocenters. The third-order valence-electron chi connectivity index (χ3n) is 5.88. The predicted molar refractivity (Wildman–Crippen MR) is 122 cm³/mol. The number of para-hydroxylation sites is 1. The number of aromatic nitrogens is 1. The first-order valence-electron chi connectivity index (χ1n) is 10.5. The van der Waals surface area contributed by atoms with E-state index >= 15 is 0 Å². The molecule has 1 saturated heterocycles. The molecule has 0 spiro atoms. The van der Waals surface area contributed by atoms with Crippen LogP contribution in [-0.2, 0) is 11.2 Å². The van der Waals surface area contributed by atoms with Gasteiger partial charge in [-0.15, -0.1) is 0 Å². The summed E-state index contributed by atoms with van der Waals surface area (Å²) in [5.41, 5.74) is 4.01. The number of benzene rings is 2. The summed E-state index contributed by atoms with van der Waals surface area (Å²) in [5, 5.41) is 3.98. The summed E-state index contributed by atoms with van der Waals surface area (Å²) in [5.74, 6) is 0.341. The Hall–Kier alpha value is -3.32. The number of carbonyl (C=O) groups excluding carboxylic acids is 2. The molecule has 0 radical (unpaired) electrons. The fraction of sp³-hybridized carbons (Fsp3) is 0.333. The smallest absolute Gasteiger partial charge is 0.254 e. The predicted octanol–water partition coefficient (Wildman–Crippen LogP) is 3.05. The molecule has 2 aromatic carbocycles. The van der Waals surface area contributed by atoms with Crippen molar-refractivity contribution in [3.05, 3.63) is 59.3 Å². The Labute approximate surface area is 182 Å². The Kier molecular flexibility index (Phi) is 5.95. The largest absolute Gasteiger partial charge is 0.495 e. The number of piperazine rings is 1. The monoisotopic (exact) mass is 420 g/mol. The molecule has 0 aliphatic carbocycles. The van der Waals surface area contributed by atoms with Gasteiger partial charge in [-0.05, 0) is 43.8 Å². The Balaban J connectivity index is 1.53. The van der Waals surface area contributed by atoms with Crippen molar-refractivity contribution in [2.24, 2.45) is 0 Å². The lowest BCUT2D eigenvalue weighted by molar-refractivity contribution is -0.115. The number of aryl methyl sites for hydroxylation is 1. The van der Waals surface area contributed by atoms with Gasteiger partial charge in [0.15, 0.2) is 0 Å². The number of hydrogen-bond acceptors (Lipinski definition) is 4. The van der Waals surface area contributed by atoms with Gasteiger partial charge in [-0.3, -0.25) is 9.59 Å². The number of nitrogens with one attached hydrogen (secondary N) is 2. The number of fused-ring (bicyclic) bond motifs is 1. The number of amides is 2. The van der Waals surface area contributed by atoms with Crippen molar-refractivity contribution in [2.45, 2.75) is 13.3 Å². The lowest BCUT2D eigenvalue weighted by atomic mass is 10.1. The van der Waals surface area contributed by atoms with Crippen molar-refractivity contribution in [1.29, 1.82) is 0 Å². The standard InChI is InChI=1S/C24H28N4O3/c1-16-19(18-6-4-5-7-20(18)25-16)15-23(29)26-21-14-17(8-9-22(21)31-3)24(30)28-12-10-27(2)11-13-28/h4-9,14,25H,10-13,15H2,1-3H3,(H,26,29). The molecule has 2 N–H and O–H groups in total. The topological polar surface area (TPSA) is 77.7 Å². The van der Waals surface area contributed by atoms with Crippen molar-refractivity contribution < 1.29 is 14.3 Å². The van der Waals surface area contributed by atoms with E-state index in [1.165, 1.54) is 0 Å². The highest BCUT2D eigenvalue weighted by Crippen LogP contribution is 2.28. The summed E-state index contributed by atoms with van der Waals surface area (Å²) in [4.78, 5) is 33.2. The van der Waals surface area contributed by atoms with Crippen LogP contribution in [0.3, 0.4) is 0 Å². The second-order valence-electron chi connectivity index (χ2n) is 8.01. The van der Waals surface area contributed by atoms with Gasteiger partial charge in [0, 0.05) is 48.3 Å². The van der Waals surface area contributed by atoms with E-state index in [0.29, 0.717) is 30.1 Å². The molecule has 1 aliphatic heterocycles. The van der Waals surface area contributed by atoms with Gasteiger partial charge in [0.25, 0.3) is 5.91 Å². The van der Waals surface area contributed by atoms with E-state index in [1.54, 1.807) is 25.3 Å². The zero-order valence-corrected chi connectivity index (χ0v) is 18.2. The third kappa shape index (κ3) is 4.41. The molecular formula is C24H28N4O3. The minimum Gasteiger partial charge on any atom is -0.495 e. The maximum absolute atomic E-state index is 12.9. The summed E-state index contributed by atoms with van der Waals surface area (Å²) in [6.07, 6.45) is 0.232. The number of carbonyl (C=O) groups is 2. The Bertz CT molecular complexity index is 1110. The van der Waals surface area contributed by atoms with E-state index in [0.717, 1.165) is 35.2 Å². The molecule has 4 rings (SSSR count).